The van der Waals surface area contributed by atoms with E-state index in [2.05, 4.69) is 123 Å². The Hall–Kier alpha value is 0.531. The first-order chi connectivity index (χ1) is 17.5. The van der Waals surface area contributed by atoms with Crippen LogP contribution < -0.4 is 0 Å². The van der Waals surface area contributed by atoms with Crippen LogP contribution in [0.2, 0.25) is 118 Å². The summed E-state index contributed by atoms with van der Waals surface area (Å²) in [5.41, 5.74) is 0. The Morgan fingerprint density at radius 1 is 0.475 bits per heavy atom. The van der Waals surface area contributed by atoms with Crippen LogP contribution in [0.5, 0.6) is 0 Å². The van der Waals surface area contributed by atoms with Gasteiger partial charge in [-0.05, 0) is 118 Å². The van der Waals surface area contributed by atoms with Crippen molar-refractivity contribution in [3.63, 3.8) is 0 Å². The first kappa shape index (κ1) is 40.5. The molecule has 0 heterocycles. The number of nitrogens with zero attached hydrogens (tertiary/aromatic N) is 1. The molecule has 5 atom stereocenters. The molecule has 0 saturated heterocycles. The minimum Gasteiger partial charge on any atom is -0.415 e. The van der Waals surface area contributed by atoms with Crippen LogP contribution in [0.25, 0.3) is 0 Å². The van der Waals surface area contributed by atoms with Gasteiger partial charge in [0.05, 0.1) is 25.0 Å². The molecule has 0 aromatic rings. The summed E-state index contributed by atoms with van der Waals surface area (Å²) in [4.78, 5) is 5.15. The molecule has 8 nitrogen and oxygen atoms in total. The third-order valence-electron chi connectivity index (χ3n) is 4.80. The van der Waals surface area contributed by atoms with Gasteiger partial charge in [-0.25, -0.2) is 0 Å². The van der Waals surface area contributed by atoms with Crippen LogP contribution >= 0.6 is 0 Å². The molecule has 40 heavy (non-hydrogen) atoms. The highest BCUT2D eigenvalue weighted by molar-refractivity contribution is 6.72. The summed E-state index contributed by atoms with van der Waals surface area (Å²) in [6.07, 6.45) is -0.385. The van der Waals surface area contributed by atoms with E-state index < -0.39 is 74.3 Å². The molecule has 0 saturated carbocycles. The van der Waals surface area contributed by atoms with Gasteiger partial charge in [0.15, 0.2) is 49.9 Å². The van der Waals surface area contributed by atoms with Crippen molar-refractivity contribution in [1.29, 1.82) is 0 Å². The summed E-state index contributed by atoms with van der Waals surface area (Å²) < 4.78 is 41.4. The summed E-state index contributed by atoms with van der Waals surface area (Å²) in [6.45, 7) is 40.1. The zero-order chi connectivity index (χ0) is 32.0. The van der Waals surface area contributed by atoms with E-state index in [-0.39, 0.29) is 6.10 Å². The van der Waals surface area contributed by atoms with E-state index >= 15 is 0 Å². The summed E-state index contributed by atoms with van der Waals surface area (Å²) in [6, 6.07) is 0. The second kappa shape index (κ2) is 15.5. The van der Waals surface area contributed by atoms with E-state index in [9.17, 15) is 0 Å². The summed E-state index contributed by atoms with van der Waals surface area (Å²) in [5, 5.41) is 4.18. The summed E-state index contributed by atoms with van der Waals surface area (Å²) >= 11 is 0. The molecule has 0 aromatic carbocycles. The molecule has 0 aromatic heterocycles. The van der Waals surface area contributed by atoms with Crippen LogP contribution in [0.15, 0.2) is 5.16 Å². The van der Waals surface area contributed by atoms with Gasteiger partial charge in [-0.3, -0.25) is 0 Å². The molecule has 0 unspecified atom stereocenters. The fraction of sp³-hybridized carbons (Fsp3) is 0.962. The number of oxime groups is 1. The van der Waals surface area contributed by atoms with Gasteiger partial charge in [-0.2, -0.15) is 0 Å². The van der Waals surface area contributed by atoms with E-state index in [0.717, 1.165) is 0 Å². The zero-order valence-corrected chi connectivity index (χ0v) is 35.5. The van der Waals surface area contributed by atoms with Crippen LogP contribution in [0.1, 0.15) is 0 Å². The molecule has 0 spiro atoms. The van der Waals surface area contributed by atoms with Gasteiger partial charge in [0.2, 0.25) is 0 Å². The van der Waals surface area contributed by atoms with Gasteiger partial charge in [0.1, 0.15) is 25.4 Å². The van der Waals surface area contributed by atoms with Crippen molar-refractivity contribution in [2.45, 2.75) is 148 Å². The molecule has 0 fully saturated rings. The van der Waals surface area contributed by atoms with E-state index in [4.69, 9.17) is 31.4 Å². The Kier molecular flexibility index (Phi) is 15.7. The van der Waals surface area contributed by atoms with Gasteiger partial charge in [0, 0.05) is 0 Å². The molecular formula is C26H65NO7Si6. The largest absolute Gasteiger partial charge is 0.415 e. The van der Waals surface area contributed by atoms with Crippen molar-refractivity contribution in [3.8, 4) is 0 Å². The molecule has 0 aliphatic carbocycles. The SMILES string of the molecule is CO/N=C/[C@H](O[Si](C)(C)C)[C@H](O[Si](C)(C)C)[C@@H](O[Si](C)(C)C)[C@H](O[Si](C)(C)C)[C@@H](CO[Si](C)(C)C)O[Si](C)(C)C. The minimum absolute atomic E-state index is 0.314. The van der Waals surface area contributed by atoms with Crippen molar-refractivity contribution in [3.05, 3.63) is 0 Å². The Morgan fingerprint density at radius 2 is 0.850 bits per heavy atom. The smallest absolute Gasteiger partial charge is 0.184 e. The lowest BCUT2D eigenvalue weighted by Gasteiger charge is -2.47. The molecular weight excluding hydrogens is 607 g/mol. The lowest BCUT2D eigenvalue weighted by atomic mass is 10.00. The molecule has 0 N–H and O–H groups in total. The average Bonchev–Trinajstić information content (AvgIpc) is 2.65. The molecule has 0 radical (unpaired) electrons. The van der Waals surface area contributed by atoms with E-state index in [1.54, 1.807) is 13.3 Å². The minimum atomic E-state index is -2.12. The van der Waals surface area contributed by atoms with Crippen LogP contribution in [-0.4, -0.2) is 100 Å². The second-order valence-electron chi connectivity index (χ2n) is 16.4. The van der Waals surface area contributed by atoms with Crippen molar-refractivity contribution < 1.29 is 31.4 Å². The standard InChI is InChI=1S/C26H65NO7Si6/c1-28-27-20-22(30-36(5,6)7)24(32-38(11,12)13)26(34-40(17,18)19)25(33-39(14,15)16)23(31-37(8,9)10)21-29-35(2,3)4/h20,22-26H,21H2,1-19H3/b27-20+/t22-,23+,24-,25+,26+/m0/s1. The van der Waals surface area contributed by atoms with Crippen LogP contribution in [0.4, 0.5) is 0 Å². The lowest BCUT2D eigenvalue weighted by molar-refractivity contribution is -0.103. The summed E-state index contributed by atoms with van der Waals surface area (Å²) in [7, 11) is -10.6. The van der Waals surface area contributed by atoms with Gasteiger partial charge >= 0.3 is 0 Å². The third-order valence-corrected chi connectivity index (χ3v) is 10.8. The predicted octanol–water partition coefficient (Wildman–Crippen LogP) is 7.57. The van der Waals surface area contributed by atoms with Gasteiger partial charge < -0.3 is 31.4 Å². The third kappa shape index (κ3) is 20.4. The summed E-state index contributed by atoms with van der Waals surface area (Å²) in [5.74, 6) is 0. The highest BCUT2D eigenvalue weighted by Crippen LogP contribution is 2.31. The van der Waals surface area contributed by atoms with Crippen molar-refractivity contribution >= 4 is 56.1 Å². The molecule has 0 aliphatic rings. The molecule has 0 rings (SSSR count). The number of hydrogen-bond acceptors (Lipinski definition) is 8. The normalized spacial score (nSPS) is 18.5. The quantitative estimate of drug-likeness (QED) is 0.0796. The highest BCUT2D eigenvalue weighted by Gasteiger charge is 2.48. The topological polar surface area (TPSA) is 77.0 Å². The van der Waals surface area contributed by atoms with Crippen LogP contribution in [0, 0.1) is 0 Å². The zero-order valence-electron chi connectivity index (χ0n) is 29.5. The molecule has 0 aliphatic heterocycles. The molecule has 14 heteroatoms. The van der Waals surface area contributed by atoms with Gasteiger partial charge in [-0.15, -0.1) is 0 Å². The lowest BCUT2D eigenvalue weighted by Crippen LogP contribution is -2.62. The van der Waals surface area contributed by atoms with E-state index in [0.29, 0.717) is 6.61 Å². The van der Waals surface area contributed by atoms with Crippen molar-refractivity contribution in [1.82, 2.24) is 0 Å². The van der Waals surface area contributed by atoms with Gasteiger partial charge in [-0.1, -0.05) is 5.16 Å². The first-order valence-electron chi connectivity index (χ1n) is 14.6. The monoisotopic (exact) mass is 671 g/mol. The first-order valence-corrected chi connectivity index (χ1v) is 35.1. The number of hydrogen-bond donors (Lipinski definition) is 0. The maximum absolute atomic E-state index is 7.11. The predicted molar refractivity (Wildman–Crippen MR) is 186 cm³/mol. The Labute approximate surface area is 254 Å². The number of rotatable bonds is 19. The van der Waals surface area contributed by atoms with Crippen LogP contribution in [-0.2, 0) is 31.4 Å². The van der Waals surface area contributed by atoms with Crippen LogP contribution in [0.3, 0.4) is 0 Å². The molecule has 240 valence electrons. The van der Waals surface area contributed by atoms with E-state index in [1.807, 2.05) is 0 Å². The maximum atomic E-state index is 7.11. The Bertz CT molecular complexity index is 762. The highest BCUT2D eigenvalue weighted by atomic mass is 28.4. The fourth-order valence-electron chi connectivity index (χ4n) is 3.91. The Balaban J connectivity index is 7.38. The van der Waals surface area contributed by atoms with Gasteiger partial charge in [0.25, 0.3) is 0 Å². The van der Waals surface area contributed by atoms with E-state index in [1.165, 1.54) is 0 Å². The Morgan fingerprint density at radius 3 is 1.20 bits per heavy atom. The molecule has 0 bridgehead atoms. The fourth-order valence-corrected chi connectivity index (χ4v) is 9.97. The average molecular weight is 672 g/mol. The maximum Gasteiger partial charge on any atom is 0.184 e. The second-order valence-corrected chi connectivity index (χ2v) is 43.2. The molecule has 0 amide bonds. The van der Waals surface area contributed by atoms with Crippen molar-refractivity contribution in [2.24, 2.45) is 5.16 Å². The van der Waals surface area contributed by atoms with Crippen molar-refractivity contribution in [2.75, 3.05) is 13.7 Å².